The summed E-state index contributed by atoms with van der Waals surface area (Å²) in [6, 6.07) is 4.62. The largest absolute Gasteiger partial charge is 0.368 e. The molecule has 0 aliphatic rings. The van der Waals surface area contributed by atoms with Gasteiger partial charge in [-0.2, -0.15) is 0 Å². The van der Waals surface area contributed by atoms with Gasteiger partial charge < -0.3 is 11.1 Å². The Balaban J connectivity index is 2.55. The Bertz CT molecular complexity index is 575. The van der Waals surface area contributed by atoms with Gasteiger partial charge in [0.15, 0.2) is 0 Å². The molecule has 1 atom stereocenters. The molecule has 1 aromatic rings. The number of carbonyl (C=O) groups excluding carboxylic acids is 2. The topological polar surface area (TPSA) is 115 Å². The van der Waals surface area contributed by atoms with Crippen LogP contribution in [0.5, 0.6) is 0 Å². The van der Waals surface area contributed by atoms with Crippen molar-refractivity contribution >= 4 is 17.5 Å². The van der Waals surface area contributed by atoms with Crippen molar-refractivity contribution in [1.29, 1.82) is 0 Å². The number of amides is 2. The molecule has 0 aromatic heterocycles. The number of hydrogen-bond acceptors (Lipinski definition) is 4. The highest BCUT2D eigenvalue weighted by Crippen LogP contribution is 2.14. The minimum Gasteiger partial charge on any atom is -0.368 e. The van der Waals surface area contributed by atoms with Gasteiger partial charge in [0.05, 0.1) is 4.92 Å². The first-order valence-electron chi connectivity index (χ1n) is 8.30. The van der Waals surface area contributed by atoms with Crippen molar-refractivity contribution in [2.24, 2.45) is 5.73 Å². The summed E-state index contributed by atoms with van der Waals surface area (Å²) in [4.78, 5) is 33.9. The number of primary amides is 1. The van der Waals surface area contributed by atoms with Crippen molar-refractivity contribution in [3.05, 3.63) is 39.9 Å². The van der Waals surface area contributed by atoms with Gasteiger partial charge in [-0.25, -0.2) is 0 Å². The second kappa shape index (κ2) is 10.4. The van der Waals surface area contributed by atoms with Crippen molar-refractivity contribution in [2.45, 2.75) is 57.9 Å². The Hall–Kier alpha value is -2.44. The SMILES string of the molecule is CCCCCCCC[C@H](NC(=O)c1cccc([N+](=O)[O-])c1)C(N)=O. The quantitative estimate of drug-likeness (QED) is 0.367. The molecular formula is C17H25N3O4. The zero-order chi connectivity index (χ0) is 17.9. The van der Waals surface area contributed by atoms with E-state index in [2.05, 4.69) is 12.2 Å². The van der Waals surface area contributed by atoms with Gasteiger partial charge in [-0.1, -0.05) is 51.5 Å². The highest BCUT2D eigenvalue weighted by Gasteiger charge is 2.19. The van der Waals surface area contributed by atoms with Crippen LogP contribution in [-0.2, 0) is 4.79 Å². The van der Waals surface area contributed by atoms with Crippen LogP contribution in [0, 0.1) is 10.1 Å². The zero-order valence-corrected chi connectivity index (χ0v) is 14.0. The number of rotatable bonds is 11. The molecule has 0 saturated heterocycles. The van der Waals surface area contributed by atoms with Crippen LogP contribution in [0.1, 0.15) is 62.2 Å². The first-order valence-corrected chi connectivity index (χ1v) is 8.30. The Morgan fingerprint density at radius 2 is 1.88 bits per heavy atom. The Morgan fingerprint density at radius 1 is 1.21 bits per heavy atom. The monoisotopic (exact) mass is 335 g/mol. The molecule has 132 valence electrons. The number of nitrogens with zero attached hydrogens (tertiary/aromatic N) is 1. The van der Waals surface area contributed by atoms with E-state index >= 15 is 0 Å². The second-order valence-corrected chi connectivity index (χ2v) is 5.79. The Morgan fingerprint density at radius 3 is 2.50 bits per heavy atom. The van der Waals surface area contributed by atoms with Crippen molar-refractivity contribution in [2.75, 3.05) is 0 Å². The van der Waals surface area contributed by atoms with Gasteiger partial charge in [0, 0.05) is 17.7 Å². The van der Waals surface area contributed by atoms with Crippen LogP contribution in [0.4, 0.5) is 5.69 Å². The standard InChI is InChI=1S/C17H25N3O4/c1-2-3-4-5-6-7-11-15(16(18)21)19-17(22)13-9-8-10-14(12-13)20(23)24/h8-10,12,15H,2-7,11H2,1H3,(H2,18,21)(H,19,22)/t15-/m0/s1. The molecule has 0 unspecified atom stereocenters. The number of unbranched alkanes of at least 4 members (excludes halogenated alkanes) is 5. The lowest BCUT2D eigenvalue weighted by molar-refractivity contribution is -0.384. The lowest BCUT2D eigenvalue weighted by Gasteiger charge is -2.15. The first kappa shape index (κ1) is 19.6. The van der Waals surface area contributed by atoms with E-state index in [1.54, 1.807) is 0 Å². The summed E-state index contributed by atoms with van der Waals surface area (Å²) in [6.07, 6.45) is 6.88. The molecule has 0 heterocycles. The van der Waals surface area contributed by atoms with Crippen LogP contribution >= 0.6 is 0 Å². The first-order chi connectivity index (χ1) is 11.5. The van der Waals surface area contributed by atoms with E-state index in [0.29, 0.717) is 6.42 Å². The summed E-state index contributed by atoms with van der Waals surface area (Å²) in [7, 11) is 0. The van der Waals surface area contributed by atoms with Gasteiger partial charge in [-0.15, -0.1) is 0 Å². The van der Waals surface area contributed by atoms with Crippen molar-refractivity contribution in [3.63, 3.8) is 0 Å². The predicted octanol–water partition coefficient (Wildman–Crippen LogP) is 2.93. The molecule has 0 radical (unpaired) electrons. The van der Waals surface area contributed by atoms with Crippen LogP contribution in [0.2, 0.25) is 0 Å². The Labute approximate surface area is 141 Å². The number of nitrogens with one attached hydrogen (secondary N) is 1. The third-order valence-electron chi connectivity index (χ3n) is 3.81. The van der Waals surface area contributed by atoms with E-state index < -0.39 is 22.8 Å². The third-order valence-corrected chi connectivity index (χ3v) is 3.81. The third kappa shape index (κ3) is 6.76. The average Bonchev–Trinajstić information content (AvgIpc) is 2.56. The summed E-state index contributed by atoms with van der Waals surface area (Å²) < 4.78 is 0. The van der Waals surface area contributed by atoms with E-state index in [1.807, 2.05) is 0 Å². The summed E-state index contributed by atoms with van der Waals surface area (Å²) >= 11 is 0. The molecule has 7 heteroatoms. The number of benzene rings is 1. The Kier molecular flexibility index (Phi) is 8.46. The second-order valence-electron chi connectivity index (χ2n) is 5.79. The summed E-state index contributed by atoms with van der Waals surface area (Å²) in [5.41, 5.74) is 5.31. The summed E-state index contributed by atoms with van der Waals surface area (Å²) in [5, 5.41) is 13.3. The number of non-ortho nitro benzene ring substituents is 1. The van der Waals surface area contributed by atoms with Gasteiger partial charge in [0.25, 0.3) is 11.6 Å². The molecule has 1 rings (SSSR count). The zero-order valence-electron chi connectivity index (χ0n) is 14.0. The van der Waals surface area contributed by atoms with Crippen molar-refractivity contribution in [3.8, 4) is 0 Å². The molecule has 7 nitrogen and oxygen atoms in total. The molecule has 24 heavy (non-hydrogen) atoms. The smallest absolute Gasteiger partial charge is 0.270 e. The van der Waals surface area contributed by atoms with Crippen LogP contribution in [-0.4, -0.2) is 22.8 Å². The number of nitrogens with two attached hydrogens (primary N) is 1. The predicted molar refractivity (Wildman–Crippen MR) is 91.5 cm³/mol. The number of hydrogen-bond donors (Lipinski definition) is 2. The molecule has 0 aliphatic carbocycles. The van der Waals surface area contributed by atoms with Gasteiger partial charge in [-0.05, 0) is 12.5 Å². The van der Waals surface area contributed by atoms with Crippen LogP contribution in [0.15, 0.2) is 24.3 Å². The molecule has 0 bridgehead atoms. The fourth-order valence-electron chi connectivity index (χ4n) is 2.42. The lowest BCUT2D eigenvalue weighted by Crippen LogP contribution is -2.44. The van der Waals surface area contributed by atoms with Crippen LogP contribution in [0.25, 0.3) is 0 Å². The molecule has 0 spiro atoms. The van der Waals surface area contributed by atoms with Gasteiger partial charge in [0.2, 0.25) is 5.91 Å². The molecule has 3 N–H and O–H groups in total. The summed E-state index contributed by atoms with van der Waals surface area (Å²) in [5.74, 6) is -1.13. The number of carbonyl (C=O) groups is 2. The minimum atomic E-state index is -0.761. The van der Waals surface area contributed by atoms with Gasteiger partial charge in [-0.3, -0.25) is 19.7 Å². The van der Waals surface area contributed by atoms with Gasteiger partial charge >= 0.3 is 0 Å². The number of nitro groups is 1. The maximum Gasteiger partial charge on any atom is 0.270 e. The van der Waals surface area contributed by atoms with Crippen LogP contribution in [0.3, 0.4) is 0 Å². The molecule has 0 aliphatic heterocycles. The normalized spacial score (nSPS) is 11.7. The number of nitro benzene ring substituents is 1. The lowest BCUT2D eigenvalue weighted by atomic mass is 10.0. The highest BCUT2D eigenvalue weighted by atomic mass is 16.6. The van der Waals surface area contributed by atoms with E-state index in [1.165, 1.54) is 37.1 Å². The van der Waals surface area contributed by atoms with Crippen LogP contribution < -0.4 is 11.1 Å². The summed E-state index contributed by atoms with van der Waals surface area (Å²) in [6.45, 7) is 2.15. The fourth-order valence-corrected chi connectivity index (χ4v) is 2.42. The van der Waals surface area contributed by atoms with Crippen molar-refractivity contribution in [1.82, 2.24) is 5.32 Å². The van der Waals surface area contributed by atoms with E-state index in [9.17, 15) is 19.7 Å². The van der Waals surface area contributed by atoms with E-state index in [4.69, 9.17) is 5.73 Å². The molecule has 0 fully saturated rings. The minimum absolute atomic E-state index is 0.137. The average molecular weight is 335 g/mol. The molecule has 0 saturated carbocycles. The molecular weight excluding hydrogens is 310 g/mol. The fraction of sp³-hybridized carbons (Fsp3) is 0.529. The van der Waals surface area contributed by atoms with E-state index in [-0.39, 0.29) is 11.3 Å². The van der Waals surface area contributed by atoms with E-state index in [0.717, 1.165) is 25.7 Å². The van der Waals surface area contributed by atoms with Gasteiger partial charge in [0.1, 0.15) is 6.04 Å². The molecule has 2 amide bonds. The molecule has 1 aromatic carbocycles. The van der Waals surface area contributed by atoms with Crippen molar-refractivity contribution < 1.29 is 14.5 Å². The highest BCUT2D eigenvalue weighted by molar-refractivity contribution is 5.97. The maximum atomic E-state index is 12.2. The maximum absolute atomic E-state index is 12.2.